The summed E-state index contributed by atoms with van der Waals surface area (Å²) in [6.07, 6.45) is 9.69. The van der Waals surface area contributed by atoms with Crippen molar-refractivity contribution in [3.8, 4) is 0 Å². The lowest BCUT2D eigenvalue weighted by atomic mass is 9.85. The van der Waals surface area contributed by atoms with Crippen molar-refractivity contribution in [1.82, 2.24) is 19.8 Å². The fourth-order valence-corrected chi connectivity index (χ4v) is 2.87. The second kappa shape index (κ2) is 6.72. The van der Waals surface area contributed by atoms with Gasteiger partial charge in [0.15, 0.2) is 0 Å². The number of likely N-dealkylation sites (tertiary alicyclic amines) is 1. The van der Waals surface area contributed by atoms with Crippen LogP contribution in [0.3, 0.4) is 0 Å². The van der Waals surface area contributed by atoms with Gasteiger partial charge in [0, 0.05) is 31.0 Å². The predicted molar refractivity (Wildman–Crippen MR) is 83.7 cm³/mol. The topological polar surface area (TPSA) is 33.1 Å². The summed E-state index contributed by atoms with van der Waals surface area (Å²) in [7, 11) is 2.23. The first-order chi connectivity index (χ1) is 9.45. The summed E-state index contributed by atoms with van der Waals surface area (Å²) in [4.78, 5) is 6.61. The average molecular weight is 278 g/mol. The molecule has 1 aliphatic rings. The highest BCUT2D eigenvalue weighted by atomic mass is 15.1. The van der Waals surface area contributed by atoms with Crippen molar-refractivity contribution in [2.45, 2.75) is 58.7 Å². The van der Waals surface area contributed by atoms with E-state index in [1.807, 2.05) is 12.5 Å². The summed E-state index contributed by atoms with van der Waals surface area (Å²) < 4.78 is 2.19. The van der Waals surface area contributed by atoms with Crippen LogP contribution in [-0.2, 0) is 6.54 Å². The van der Waals surface area contributed by atoms with Gasteiger partial charge in [-0.25, -0.2) is 4.98 Å². The number of hydrogen-bond donors (Lipinski definition) is 1. The molecule has 1 N–H and O–H groups in total. The minimum absolute atomic E-state index is 0.252. The Labute approximate surface area is 123 Å². The van der Waals surface area contributed by atoms with Crippen molar-refractivity contribution >= 4 is 0 Å². The minimum atomic E-state index is 0.252. The van der Waals surface area contributed by atoms with Crippen LogP contribution in [0.5, 0.6) is 0 Å². The second-order valence-corrected chi connectivity index (χ2v) is 7.28. The van der Waals surface area contributed by atoms with Crippen molar-refractivity contribution in [2.75, 3.05) is 20.1 Å². The van der Waals surface area contributed by atoms with Gasteiger partial charge in [-0.05, 0) is 44.8 Å². The molecule has 1 aromatic heterocycles. The fourth-order valence-electron chi connectivity index (χ4n) is 2.87. The van der Waals surface area contributed by atoms with E-state index in [4.69, 9.17) is 0 Å². The van der Waals surface area contributed by atoms with E-state index in [1.165, 1.54) is 32.4 Å². The van der Waals surface area contributed by atoms with Gasteiger partial charge in [0.2, 0.25) is 0 Å². The molecule has 0 spiro atoms. The largest absolute Gasteiger partial charge is 0.336 e. The standard InChI is InChI=1S/C16H30N4/c1-16(2,3)15(12-20-11-8-17-13-20)18-14-6-5-9-19(4)10-7-14/h8,11,13-15,18H,5-7,9-10,12H2,1-4H3. The Hall–Kier alpha value is -0.870. The lowest BCUT2D eigenvalue weighted by Crippen LogP contribution is -2.48. The van der Waals surface area contributed by atoms with Crippen LogP contribution in [0, 0.1) is 5.41 Å². The van der Waals surface area contributed by atoms with Crippen LogP contribution in [0.25, 0.3) is 0 Å². The molecule has 0 aromatic carbocycles. The van der Waals surface area contributed by atoms with Crippen LogP contribution in [0.15, 0.2) is 18.7 Å². The van der Waals surface area contributed by atoms with E-state index in [0.29, 0.717) is 12.1 Å². The second-order valence-electron chi connectivity index (χ2n) is 7.28. The molecule has 114 valence electrons. The monoisotopic (exact) mass is 278 g/mol. The van der Waals surface area contributed by atoms with Crippen LogP contribution in [0.2, 0.25) is 0 Å². The molecule has 1 saturated heterocycles. The van der Waals surface area contributed by atoms with E-state index >= 15 is 0 Å². The molecule has 1 aromatic rings. The minimum Gasteiger partial charge on any atom is -0.336 e. The van der Waals surface area contributed by atoms with Crippen LogP contribution in [0.4, 0.5) is 0 Å². The summed E-state index contributed by atoms with van der Waals surface area (Å²) in [6, 6.07) is 1.12. The highest BCUT2D eigenvalue weighted by Crippen LogP contribution is 2.23. The molecule has 2 unspecified atom stereocenters. The van der Waals surface area contributed by atoms with Gasteiger partial charge >= 0.3 is 0 Å². The van der Waals surface area contributed by atoms with E-state index in [1.54, 1.807) is 0 Å². The Morgan fingerprint density at radius 1 is 1.30 bits per heavy atom. The van der Waals surface area contributed by atoms with E-state index in [9.17, 15) is 0 Å². The molecule has 4 nitrogen and oxygen atoms in total. The number of aromatic nitrogens is 2. The van der Waals surface area contributed by atoms with Crippen molar-refractivity contribution in [3.63, 3.8) is 0 Å². The number of imidazole rings is 1. The Morgan fingerprint density at radius 2 is 2.10 bits per heavy atom. The van der Waals surface area contributed by atoms with Gasteiger partial charge in [0.25, 0.3) is 0 Å². The lowest BCUT2D eigenvalue weighted by Gasteiger charge is -2.35. The Balaban J connectivity index is 1.96. The molecule has 0 saturated carbocycles. The summed E-state index contributed by atoms with van der Waals surface area (Å²) >= 11 is 0. The number of nitrogens with zero attached hydrogens (tertiary/aromatic N) is 3. The third-order valence-electron chi connectivity index (χ3n) is 4.39. The Kier molecular flexibility index (Phi) is 5.22. The van der Waals surface area contributed by atoms with Crippen molar-refractivity contribution in [1.29, 1.82) is 0 Å². The maximum absolute atomic E-state index is 4.16. The van der Waals surface area contributed by atoms with Gasteiger partial charge in [-0.2, -0.15) is 0 Å². The third-order valence-corrected chi connectivity index (χ3v) is 4.39. The highest BCUT2D eigenvalue weighted by molar-refractivity contribution is 4.87. The number of nitrogens with one attached hydrogen (secondary N) is 1. The van der Waals surface area contributed by atoms with Crippen LogP contribution in [0.1, 0.15) is 40.0 Å². The van der Waals surface area contributed by atoms with Gasteiger partial charge in [0.05, 0.1) is 6.33 Å². The zero-order chi connectivity index (χ0) is 14.6. The Morgan fingerprint density at radius 3 is 2.75 bits per heavy atom. The summed E-state index contributed by atoms with van der Waals surface area (Å²) in [6.45, 7) is 10.4. The van der Waals surface area contributed by atoms with Crippen molar-refractivity contribution < 1.29 is 0 Å². The van der Waals surface area contributed by atoms with E-state index in [0.717, 1.165) is 6.54 Å². The molecule has 0 bridgehead atoms. The van der Waals surface area contributed by atoms with Gasteiger partial charge in [-0.3, -0.25) is 0 Å². The van der Waals surface area contributed by atoms with E-state index in [2.05, 4.69) is 53.8 Å². The smallest absolute Gasteiger partial charge is 0.0946 e. The first kappa shape index (κ1) is 15.5. The Bertz CT molecular complexity index is 380. The number of hydrogen-bond acceptors (Lipinski definition) is 3. The van der Waals surface area contributed by atoms with E-state index in [-0.39, 0.29) is 5.41 Å². The first-order valence-electron chi connectivity index (χ1n) is 7.85. The van der Waals surface area contributed by atoms with Gasteiger partial charge in [0.1, 0.15) is 0 Å². The molecule has 1 fully saturated rings. The quantitative estimate of drug-likeness (QED) is 0.918. The predicted octanol–water partition coefficient (Wildman–Crippen LogP) is 2.37. The van der Waals surface area contributed by atoms with E-state index < -0.39 is 0 Å². The van der Waals surface area contributed by atoms with Gasteiger partial charge < -0.3 is 14.8 Å². The fraction of sp³-hybridized carbons (Fsp3) is 0.812. The average Bonchev–Trinajstić information content (AvgIpc) is 2.78. The van der Waals surface area contributed by atoms with Crippen LogP contribution >= 0.6 is 0 Å². The molecule has 0 amide bonds. The normalized spacial score (nSPS) is 23.5. The maximum atomic E-state index is 4.16. The molecule has 2 rings (SSSR count). The molecule has 20 heavy (non-hydrogen) atoms. The molecular weight excluding hydrogens is 248 g/mol. The van der Waals surface area contributed by atoms with Gasteiger partial charge in [-0.15, -0.1) is 0 Å². The summed E-state index contributed by atoms with van der Waals surface area (Å²) in [5.41, 5.74) is 0.252. The SMILES string of the molecule is CN1CCCC(NC(Cn2ccnc2)C(C)(C)C)CC1. The van der Waals surface area contributed by atoms with Gasteiger partial charge in [-0.1, -0.05) is 20.8 Å². The lowest BCUT2D eigenvalue weighted by molar-refractivity contribution is 0.214. The van der Waals surface area contributed by atoms with Crippen molar-refractivity contribution in [3.05, 3.63) is 18.7 Å². The summed E-state index contributed by atoms with van der Waals surface area (Å²) in [5.74, 6) is 0. The third kappa shape index (κ3) is 4.60. The molecule has 0 radical (unpaired) electrons. The molecule has 0 aliphatic carbocycles. The molecule has 2 atom stereocenters. The zero-order valence-electron chi connectivity index (χ0n) is 13.5. The summed E-state index contributed by atoms with van der Waals surface area (Å²) in [5, 5.41) is 3.92. The van der Waals surface area contributed by atoms with Crippen LogP contribution < -0.4 is 5.32 Å². The molecular formula is C16H30N4. The van der Waals surface area contributed by atoms with Crippen molar-refractivity contribution in [2.24, 2.45) is 5.41 Å². The first-order valence-corrected chi connectivity index (χ1v) is 7.85. The molecule has 4 heteroatoms. The maximum Gasteiger partial charge on any atom is 0.0946 e. The molecule has 1 aliphatic heterocycles. The van der Waals surface area contributed by atoms with Crippen LogP contribution in [-0.4, -0.2) is 46.7 Å². The highest BCUT2D eigenvalue weighted by Gasteiger charge is 2.27. The number of rotatable bonds is 4. The molecule has 2 heterocycles. The zero-order valence-corrected chi connectivity index (χ0v) is 13.5.